The lowest BCUT2D eigenvalue weighted by molar-refractivity contribution is 0.598. The van der Waals surface area contributed by atoms with Gasteiger partial charge in [-0.15, -0.1) is 0 Å². The number of halogens is 1. The van der Waals surface area contributed by atoms with Gasteiger partial charge in [0.05, 0.1) is 16.6 Å². The summed E-state index contributed by atoms with van der Waals surface area (Å²) in [6.45, 7) is 3.18. The van der Waals surface area contributed by atoms with Gasteiger partial charge in [0, 0.05) is 6.54 Å². The zero-order chi connectivity index (χ0) is 10.8. The number of rotatable bonds is 3. The molecule has 1 aromatic carbocycles. The van der Waals surface area contributed by atoms with Gasteiger partial charge in [0.25, 0.3) is 0 Å². The molecule has 2 rings (SSSR count). The second kappa shape index (κ2) is 3.98. The molecule has 0 saturated heterocycles. The molecular formula is C11H14FN3. The first-order valence-electron chi connectivity index (χ1n) is 5.05. The molecule has 0 aliphatic heterocycles. The highest BCUT2D eigenvalue weighted by atomic mass is 19.1. The zero-order valence-electron chi connectivity index (χ0n) is 8.70. The number of hydrogen-bond donors (Lipinski definition) is 1. The Kier molecular flexibility index (Phi) is 2.68. The molecule has 0 unspecified atom stereocenters. The minimum absolute atomic E-state index is 0.205. The van der Waals surface area contributed by atoms with Crippen molar-refractivity contribution in [3.05, 3.63) is 29.7 Å². The van der Waals surface area contributed by atoms with Gasteiger partial charge in [0.1, 0.15) is 5.82 Å². The van der Waals surface area contributed by atoms with Crippen LogP contribution in [0.5, 0.6) is 0 Å². The van der Waals surface area contributed by atoms with Gasteiger partial charge in [-0.1, -0.05) is 6.07 Å². The van der Waals surface area contributed by atoms with E-state index in [1.165, 1.54) is 6.07 Å². The normalized spacial score (nSPS) is 11.1. The summed E-state index contributed by atoms with van der Waals surface area (Å²) in [7, 11) is 0. The lowest BCUT2D eigenvalue weighted by Gasteiger charge is -2.01. The third-order valence-electron chi connectivity index (χ3n) is 2.48. The van der Waals surface area contributed by atoms with E-state index in [1.54, 1.807) is 6.07 Å². The summed E-state index contributed by atoms with van der Waals surface area (Å²) < 4.78 is 15.3. The van der Waals surface area contributed by atoms with E-state index < -0.39 is 0 Å². The molecule has 80 valence electrons. The summed E-state index contributed by atoms with van der Waals surface area (Å²) in [5.41, 5.74) is 7.03. The van der Waals surface area contributed by atoms with Crippen LogP contribution in [0.1, 0.15) is 12.1 Å². The minimum atomic E-state index is -0.205. The molecule has 2 aromatic rings. The van der Waals surface area contributed by atoms with E-state index in [4.69, 9.17) is 5.73 Å². The van der Waals surface area contributed by atoms with E-state index in [0.717, 1.165) is 24.2 Å². The van der Waals surface area contributed by atoms with Crippen molar-refractivity contribution in [1.29, 1.82) is 0 Å². The van der Waals surface area contributed by atoms with Crippen molar-refractivity contribution in [2.45, 2.75) is 19.9 Å². The fourth-order valence-corrected chi connectivity index (χ4v) is 1.78. The smallest absolute Gasteiger partial charge is 0.134 e. The maximum Gasteiger partial charge on any atom is 0.134 e. The average molecular weight is 207 g/mol. The van der Waals surface area contributed by atoms with E-state index in [0.29, 0.717) is 11.9 Å². The summed E-state index contributed by atoms with van der Waals surface area (Å²) in [5.74, 6) is -0.205. The van der Waals surface area contributed by atoms with Gasteiger partial charge in [-0.3, -0.25) is 4.68 Å². The van der Waals surface area contributed by atoms with E-state index in [2.05, 4.69) is 5.10 Å². The van der Waals surface area contributed by atoms with E-state index in [-0.39, 0.29) is 5.82 Å². The molecule has 0 atom stereocenters. The Morgan fingerprint density at radius 2 is 2.27 bits per heavy atom. The topological polar surface area (TPSA) is 43.8 Å². The van der Waals surface area contributed by atoms with Gasteiger partial charge in [-0.25, -0.2) is 4.39 Å². The largest absolute Gasteiger partial charge is 0.330 e. The van der Waals surface area contributed by atoms with Crippen LogP contribution >= 0.6 is 0 Å². The van der Waals surface area contributed by atoms with Gasteiger partial charge in [-0.05, 0) is 32.0 Å². The van der Waals surface area contributed by atoms with Crippen molar-refractivity contribution in [2.24, 2.45) is 5.73 Å². The van der Waals surface area contributed by atoms with Crippen LogP contribution in [0.2, 0.25) is 0 Å². The first-order chi connectivity index (χ1) is 7.24. The highest BCUT2D eigenvalue weighted by Gasteiger charge is 2.10. The van der Waals surface area contributed by atoms with Gasteiger partial charge >= 0.3 is 0 Å². The number of nitrogens with two attached hydrogens (primary N) is 1. The van der Waals surface area contributed by atoms with Gasteiger partial charge in [0.2, 0.25) is 0 Å². The number of hydrogen-bond acceptors (Lipinski definition) is 2. The fourth-order valence-electron chi connectivity index (χ4n) is 1.78. The Morgan fingerprint density at radius 3 is 3.00 bits per heavy atom. The monoisotopic (exact) mass is 207 g/mol. The molecule has 0 saturated carbocycles. The Morgan fingerprint density at radius 1 is 1.47 bits per heavy atom. The van der Waals surface area contributed by atoms with Crippen LogP contribution in [-0.2, 0) is 6.54 Å². The molecule has 0 fully saturated rings. The molecule has 0 spiro atoms. The lowest BCUT2D eigenvalue weighted by atomic mass is 10.2. The summed E-state index contributed by atoms with van der Waals surface area (Å²) in [6, 6.07) is 5.05. The first-order valence-corrected chi connectivity index (χ1v) is 5.05. The predicted molar refractivity (Wildman–Crippen MR) is 58.1 cm³/mol. The fraction of sp³-hybridized carbons (Fsp3) is 0.364. The van der Waals surface area contributed by atoms with Crippen LogP contribution in [0.3, 0.4) is 0 Å². The molecular weight excluding hydrogens is 193 g/mol. The molecule has 0 bridgehead atoms. The molecule has 15 heavy (non-hydrogen) atoms. The second-order valence-corrected chi connectivity index (χ2v) is 3.58. The summed E-state index contributed by atoms with van der Waals surface area (Å²) in [5, 5.41) is 4.93. The molecule has 0 aliphatic carbocycles. The molecule has 0 amide bonds. The average Bonchev–Trinajstić information content (AvgIpc) is 2.54. The van der Waals surface area contributed by atoms with E-state index in [1.807, 2.05) is 17.7 Å². The zero-order valence-corrected chi connectivity index (χ0v) is 8.70. The maximum absolute atomic E-state index is 13.5. The van der Waals surface area contributed by atoms with Crippen molar-refractivity contribution >= 4 is 10.9 Å². The van der Waals surface area contributed by atoms with E-state index >= 15 is 0 Å². The lowest BCUT2D eigenvalue weighted by Crippen LogP contribution is -2.06. The molecule has 0 radical (unpaired) electrons. The number of aryl methyl sites for hydroxylation is 2. The highest BCUT2D eigenvalue weighted by Crippen LogP contribution is 2.21. The maximum atomic E-state index is 13.5. The van der Waals surface area contributed by atoms with Crippen LogP contribution in [0.4, 0.5) is 4.39 Å². The van der Waals surface area contributed by atoms with E-state index in [9.17, 15) is 4.39 Å². The van der Waals surface area contributed by atoms with Crippen molar-refractivity contribution in [1.82, 2.24) is 9.78 Å². The SMILES string of the molecule is Cc1nn(CCCN)c2cccc(F)c12. The van der Waals surface area contributed by atoms with Crippen molar-refractivity contribution < 1.29 is 4.39 Å². The van der Waals surface area contributed by atoms with Crippen molar-refractivity contribution in [2.75, 3.05) is 6.54 Å². The number of benzene rings is 1. The third kappa shape index (κ3) is 1.72. The van der Waals surface area contributed by atoms with Crippen molar-refractivity contribution in [3.63, 3.8) is 0 Å². The number of aromatic nitrogens is 2. The third-order valence-corrected chi connectivity index (χ3v) is 2.48. The van der Waals surface area contributed by atoms with Crippen LogP contribution in [-0.4, -0.2) is 16.3 Å². The first kappa shape index (κ1) is 10.1. The van der Waals surface area contributed by atoms with Gasteiger partial charge in [0.15, 0.2) is 0 Å². The van der Waals surface area contributed by atoms with Crippen LogP contribution < -0.4 is 5.73 Å². The van der Waals surface area contributed by atoms with Crippen molar-refractivity contribution in [3.8, 4) is 0 Å². The standard InChI is InChI=1S/C11H14FN3/c1-8-11-9(12)4-2-5-10(11)15(14-8)7-3-6-13/h2,4-5H,3,6-7,13H2,1H3. The van der Waals surface area contributed by atoms with Gasteiger partial charge < -0.3 is 5.73 Å². The molecule has 4 heteroatoms. The molecule has 1 aromatic heterocycles. The summed E-state index contributed by atoms with van der Waals surface area (Å²) in [6.07, 6.45) is 0.854. The summed E-state index contributed by atoms with van der Waals surface area (Å²) in [4.78, 5) is 0. The Balaban J connectivity index is 2.53. The quantitative estimate of drug-likeness (QED) is 0.834. The molecule has 3 nitrogen and oxygen atoms in total. The Hall–Kier alpha value is -1.42. The molecule has 0 aliphatic rings. The highest BCUT2D eigenvalue weighted by molar-refractivity contribution is 5.82. The Labute approximate surface area is 87.7 Å². The Bertz CT molecular complexity index is 476. The molecule has 1 heterocycles. The predicted octanol–water partition coefficient (Wildman–Crippen LogP) is 1.83. The number of nitrogens with zero attached hydrogens (tertiary/aromatic N) is 2. The molecule has 2 N–H and O–H groups in total. The van der Waals surface area contributed by atoms with Gasteiger partial charge in [-0.2, -0.15) is 5.10 Å². The minimum Gasteiger partial charge on any atom is -0.330 e. The second-order valence-electron chi connectivity index (χ2n) is 3.58. The number of fused-ring (bicyclic) bond motifs is 1. The van der Waals surface area contributed by atoms with Crippen LogP contribution in [0.15, 0.2) is 18.2 Å². The summed E-state index contributed by atoms with van der Waals surface area (Å²) >= 11 is 0. The van der Waals surface area contributed by atoms with Crippen LogP contribution in [0.25, 0.3) is 10.9 Å². The van der Waals surface area contributed by atoms with Crippen LogP contribution in [0, 0.1) is 12.7 Å².